The second-order valence-electron chi connectivity index (χ2n) is 2.68. The van der Waals surface area contributed by atoms with Crippen LogP contribution in [0.2, 0.25) is 0 Å². The largest absolute Gasteiger partial charge is 0.396 e. The lowest BCUT2D eigenvalue weighted by Gasteiger charge is -2.11. The number of aliphatic hydroxyl groups excluding tert-OH is 1. The van der Waals surface area contributed by atoms with E-state index in [1.165, 1.54) is 6.92 Å². The molecule has 2 N–H and O–H groups in total. The van der Waals surface area contributed by atoms with Crippen molar-refractivity contribution < 1.29 is 14.6 Å². The number of hydrogen-bond acceptors (Lipinski definition) is 3. The van der Waals surface area contributed by atoms with Crippen LogP contribution in [0.15, 0.2) is 0 Å². The molecule has 0 spiro atoms. The maximum absolute atomic E-state index is 10.4. The average Bonchev–Trinajstić information content (AvgIpc) is 1.98. The molecule has 4 nitrogen and oxygen atoms in total. The Hall–Kier alpha value is -0.610. The second-order valence-corrected chi connectivity index (χ2v) is 2.68. The molecule has 0 aliphatic rings. The number of ether oxygens (including phenoxy) is 1. The molecular weight excluding hydrogens is 158 g/mol. The van der Waals surface area contributed by atoms with E-state index in [0.29, 0.717) is 19.6 Å². The average molecular weight is 175 g/mol. The summed E-state index contributed by atoms with van der Waals surface area (Å²) >= 11 is 0. The van der Waals surface area contributed by atoms with Crippen LogP contribution in [-0.4, -0.2) is 36.9 Å². The summed E-state index contributed by atoms with van der Waals surface area (Å²) in [5.74, 6) is -0.0478. The van der Waals surface area contributed by atoms with E-state index >= 15 is 0 Å². The summed E-state index contributed by atoms with van der Waals surface area (Å²) in [4.78, 5) is 10.4. The fraction of sp³-hybridized carbons (Fsp3) is 0.875. The van der Waals surface area contributed by atoms with Crippen molar-refractivity contribution in [1.29, 1.82) is 0 Å². The minimum absolute atomic E-state index is 0.0478. The maximum Gasteiger partial charge on any atom is 0.216 e. The predicted molar refractivity (Wildman–Crippen MR) is 45.8 cm³/mol. The second kappa shape index (κ2) is 7.06. The van der Waals surface area contributed by atoms with E-state index in [9.17, 15) is 4.79 Å². The number of rotatable bonds is 6. The van der Waals surface area contributed by atoms with Gasteiger partial charge in [-0.1, -0.05) is 0 Å². The van der Waals surface area contributed by atoms with Crippen LogP contribution >= 0.6 is 0 Å². The summed E-state index contributed by atoms with van der Waals surface area (Å²) < 4.78 is 5.26. The SMILES string of the molecule is CC(=O)NCCOC(C)CCO. The van der Waals surface area contributed by atoms with Crippen molar-refractivity contribution in [2.24, 2.45) is 0 Å². The molecule has 0 heterocycles. The standard InChI is InChI=1S/C8H17NO3/c1-7(3-5-10)12-6-4-9-8(2)11/h7,10H,3-6H2,1-2H3,(H,9,11). The molecule has 1 atom stereocenters. The van der Waals surface area contributed by atoms with Crippen LogP contribution in [0.1, 0.15) is 20.3 Å². The van der Waals surface area contributed by atoms with Crippen LogP contribution in [-0.2, 0) is 9.53 Å². The maximum atomic E-state index is 10.4. The van der Waals surface area contributed by atoms with Crippen molar-refractivity contribution in [3.63, 3.8) is 0 Å². The van der Waals surface area contributed by atoms with Crippen LogP contribution in [0.25, 0.3) is 0 Å². The van der Waals surface area contributed by atoms with E-state index in [0.717, 1.165) is 0 Å². The van der Waals surface area contributed by atoms with Crippen molar-refractivity contribution in [2.45, 2.75) is 26.4 Å². The molecular formula is C8H17NO3. The van der Waals surface area contributed by atoms with Crippen LogP contribution in [0.3, 0.4) is 0 Å². The Balaban J connectivity index is 3.13. The van der Waals surface area contributed by atoms with Gasteiger partial charge in [0.1, 0.15) is 0 Å². The number of amides is 1. The van der Waals surface area contributed by atoms with Gasteiger partial charge in [-0.25, -0.2) is 0 Å². The molecule has 12 heavy (non-hydrogen) atoms. The fourth-order valence-electron chi connectivity index (χ4n) is 0.752. The first kappa shape index (κ1) is 11.4. The smallest absolute Gasteiger partial charge is 0.216 e. The van der Waals surface area contributed by atoms with Gasteiger partial charge in [-0.15, -0.1) is 0 Å². The summed E-state index contributed by atoms with van der Waals surface area (Å²) in [5.41, 5.74) is 0. The minimum Gasteiger partial charge on any atom is -0.396 e. The van der Waals surface area contributed by atoms with Gasteiger partial charge in [0.2, 0.25) is 5.91 Å². The van der Waals surface area contributed by atoms with Crippen LogP contribution < -0.4 is 5.32 Å². The highest BCUT2D eigenvalue weighted by molar-refractivity contribution is 5.72. The first-order valence-corrected chi connectivity index (χ1v) is 4.13. The predicted octanol–water partition coefficient (Wildman–Crippen LogP) is -0.0900. The molecule has 0 aliphatic heterocycles. The summed E-state index contributed by atoms with van der Waals surface area (Å²) in [7, 11) is 0. The number of hydrogen-bond donors (Lipinski definition) is 2. The van der Waals surface area contributed by atoms with E-state index < -0.39 is 0 Å². The van der Waals surface area contributed by atoms with Gasteiger partial charge in [-0.05, 0) is 13.3 Å². The molecule has 0 rings (SSSR count). The van der Waals surface area contributed by atoms with Gasteiger partial charge in [0.05, 0.1) is 12.7 Å². The molecule has 0 aromatic heterocycles. The summed E-state index contributed by atoms with van der Waals surface area (Å²) in [6.07, 6.45) is 0.698. The summed E-state index contributed by atoms with van der Waals surface area (Å²) in [6, 6.07) is 0. The van der Waals surface area contributed by atoms with E-state index in [1.807, 2.05) is 6.92 Å². The number of carbonyl (C=O) groups excluding carboxylic acids is 1. The Kier molecular flexibility index (Phi) is 6.70. The Morgan fingerprint density at radius 3 is 2.83 bits per heavy atom. The molecule has 0 bridgehead atoms. The summed E-state index contributed by atoms with van der Waals surface area (Å²) in [6.45, 7) is 4.54. The molecule has 0 fully saturated rings. The third kappa shape index (κ3) is 7.50. The number of carbonyl (C=O) groups is 1. The van der Waals surface area contributed by atoms with Gasteiger partial charge in [-0.3, -0.25) is 4.79 Å². The van der Waals surface area contributed by atoms with Crippen molar-refractivity contribution in [3.05, 3.63) is 0 Å². The Labute approximate surface area is 72.9 Å². The lowest BCUT2D eigenvalue weighted by molar-refractivity contribution is -0.119. The fourth-order valence-corrected chi connectivity index (χ4v) is 0.752. The van der Waals surface area contributed by atoms with Crippen molar-refractivity contribution >= 4 is 5.91 Å². The van der Waals surface area contributed by atoms with Gasteiger partial charge in [0, 0.05) is 20.1 Å². The topological polar surface area (TPSA) is 58.6 Å². The molecule has 4 heteroatoms. The van der Waals surface area contributed by atoms with Crippen LogP contribution in [0, 0.1) is 0 Å². The highest BCUT2D eigenvalue weighted by Crippen LogP contribution is 1.94. The van der Waals surface area contributed by atoms with Crippen LogP contribution in [0.4, 0.5) is 0 Å². The van der Waals surface area contributed by atoms with Crippen LogP contribution in [0.5, 0.6) is 0 Å². The molecule has 0 saturated carbocycles. The van der Waals surface area contributed by atoms with Crippen molar-refractivity contribution in [2.75, 3.05) is 19.8 Å². The zero-order valence-corrected chi connectivity index (χ0v) is 7.67. The lowest BCUT2D eigenvalue weighted by Crippen LogP contribution is -2.26. The number of aliphatic hydroxyl groups is 1. The molecule has 0 saturated heterocycles. The van der Waals surface area contributed by atoms with Gasteiger partial charge < -0.3 is 15.2 Å². The minimum atomic E-state index is -0.0478. The quantitative estimate of drug-likeness (QED) is 0.555. The Bertz CT molecular complexity index is 127. The van der Waals surface area contributed by atoms with E-state index in [1.54, 1.807) is 0 Å². The molecule has 0 aromatic carbocycles. The Morgan fingerprint density at radius 1 is 1.67 bits per heavy atom. The highest BCUT2D eigenvalue weighted by atomic mass is 16.5. The normalized spacial score (nSPS) is 12.6. The van der Waals surface area contributed by atoms with Gasteiger partial charge in [-0.2, -0.15) is 0 Å². The molecule has 72 valence electrons. The third-order valence-electron chi connectivity index (χ3n) is 1.41. The summed E-state index contributed by atoms with van der Waals surface area (Å²) in [5, 5.41) is 11.1. The van der Waals surface area contributed by atoms with Gasteiger partial charge in [0.25, 0.3) is 0 Å². The molecule has 1 unspecified atom stereocenters. The van der Waals surface area contributed by atoms with E-state index in [4.69, 9.17) is 9.84 Å². The highest BCUT2D eigenvalue weighted by Gasteiger charge is 1.99. The van der Waals surface area contributed by atoms with Crippen molar-refractivity contribution in [3.8, 4) is 0 Å². The third-order valence-corrected chi connectivity index (χ3v) is 1.41. The van der Waals surface area contributed by atoms with Gasteiger partial charge in [0.15, 0.2) is 0 Å². The Morgan fingerprint density at radius 2 is 2.33 bits per heavy atom. The van der Waals surface area contributed by atoms with E-state index in [2.05, 4.69) is 5.32 Å². The molecule has 0 radical (unpaired) electrons. The molecule has 0 aromatic rings. The zero-order valence-electron chi connectivity index (χ0n) is 7.67. The first-order valence-electron chi connectivity index (χ1n) is 4.13. The monoisotopic (exact) mass is 175 g/mol. The number of nitrogens with one attached hydrogen (secondary N) is 1. The molecule has 1 amide bonds. The molecule has 0 aliphatic carbocycles. The van der Waals surface area contributed by atoms with Crippen molar-refractivity contribution in [1.82, 2.24) is 5.32 Å². The van der Waals surface area contributed by atoms with Gasteiger partial charge >= 0.3 is 0 Å². The first-order chi connectivity index (χ1) is 5.66. The zero-order chi connectivity index (χ0) is 9.40. The lowest BCUT2D eigenvalue weighted by atomic mass is 10.3. The van der Waals surface area contributed by atoms with E-state index in [-0.39, 0.29) is 18.6 Å².